The molecule has 0 bridgehead atoms. The Morgan fingerprint density at radius 1 is 1.32 bits per heavy atom. The molecule has 1 aromatic rings. The van der Waals surface area contributed by atoms with Crippen LogP contribution in [0.2, 0.25) is 0 Å². The highest BCUT2D eigenvalue weighted by Crippen LogP contribution is 2.47. The molecule has 1 saturated carbocycles. The Labute approximate surface area is 150 Å². The molecule has 1 aliphatic rings. The second kappa shape index (κ2) is 8.70. The molecule has 0 unspecified atom stereocenters. The van der Waals surface area contributed by atoms with Crippen molar-refractivity contribution in [2.24, 2.45) is 10.9 Å². The maximum atomic E-state index is 13.4. The topological polar surface area (TPSA) is 36.4 Å². The summed E-state index contributed by atoms with van der Waals surface area (Å²) in [6, 6.07) is 6.97. The van der Waals surface area contributed by atoms with Gasteiger partial charge < -0.3 is 10.6 Å². The van der Waals surface area contributed by atoms with E-state index < -0.39 is 0 Å². The minimum absolute atomic E-state index is 0. The Morgan fingerprint density at radius 3 is 2.59 bits per heavy atom. The van der Waals surface area contributed by atoms with Gasteiger partial charge in [0.15, 0.2) is 5.96 Å². The molecule has 1 aliphatic carbocycles. The van der Waals surface area contributed by atoms with E-state index in [2.05, 4.69) is 29.5 Å². The summed E-state index contributed by atoms with van der Waals surface area (Å²) < 4.78 is 13.4. The average molecular weight is 419 g/mol. The van der Waals surface area contributed by atoms with Gasteiger partial charge in [0.05, 0.1) is 0 Å². The number of benzene rings is 1. The van der Waals surface area contributed by atoms with Crippen molar-refractivity contribution in [3.05, 3.63) is 35.6 Å². The molecule has 2 rings (SSSR count). The molecule has 5 heteroatoms. The highest BCUT2D eigenvalue weighted by atomic mass is 127. The van der Waals surface area contributed by atoms with Crippen LogP contribution < -0.4 is 10.6 Å². The zero-order valence-electron chi connectivity index (χ0n) is 13.7. The van der Waals surface area contributed by atoms with Crippen molar-refractivity contribution < 1.29 is 4.39 Å². The van der Waals surface area contributed by atoms with Gasteiger partial charge >= 0.3 is 0 Å². The molecule has 0 atom stereocenters. The Balaban J connectivity index is 0.00000242. The van der Waals surface area contributed by atoms with Crippen LogP contribution in [-0.2, 0) is 5.41 Å². The Hall–Kier alpha value is -0.850. The zero-order chi connectivity index (χ0) is 15.3. The molecule has 22 heavy (non-hydrogen) atoms. The molecule has 0 aliphatic heterocycles. The molecule has 0 aromatic heterocycles. The van der Waals surface area contributed by atoms with Gasteiger partial charge in [0, 0.05) is 25.6 Å². The van der Waals surface area contributed by atoms with Crippen molar-refractivity contribution in [2.45, 2.75) is 38.5 Å². The molecule has 0 saturated heterocycles. The van der Waals surface area contributed by atoms with Crippen molar-refractivity contribution in [3.8, 4) is 0 Å². The van der Waals surface area contributed by atoms with Crippen LogP contribution in [0.25, 0.3) is 0 Å². The van der Waals surface area contributed by atoms with Crippen molar-refractivity contribution >= 4 is 29.9 Å². The first-order valence-electron chi connectivity index (χ1n) is 7.76. The van der Waals surface area contributed by atoms with Gasteiger partial charge in [-0.15, -0.1) is 24.0 Å². The van der Waals surface area contributed by atoms with Crippen molar-refractivity contribution in [1.29, 1.82) is 0 Å². The number of nitrogens with zero attached hydrogens (tertiary/aromatic N) is 1. The Kier molecular flexibility index (Phi) is 7.59. The molecule has 0 amide bonds. The quantitative estimate of drug-likeness (QED) is 0.419. The Bertz CT molecular complexity index is 498. The fourth-order valence-electron chi connectivity index (χ4n) is 2.49. The van der Waals surface area contributed by atoms with Crippen LogP contribution in [0.15, 0.2) is 29.3 Å². The van der Waals surface area contributed by atoms with Crippen molar-refractivity contribution in [1.82, 2.24) is 10.6 Å². The van der Waals surface area contributed by atoms with Gasteiger partial charge in [0.25, 0.3) is 0 Å². The average Bonchev–Trinajstić information content (AvgIpc) is 3.23. The fourth-order valence-corrected chi connectivity index (χ4v) is 2.49. The standard InChI is InChI=1S/C17H26FN3.HI/c1-13(2)7-10-20-16(19-3)21-12-17(8-9-17)14-5-4-6-15(18)11-14;/h4-6,11,13H,7-10,12H2,1-3H3,(H2,19,20,21);1H. The Morgan fingerprint density at radius 2 is 2.05 bits per heavy atom. The number of aliphatic imine (C=N–C) groups is 1. The lowest BCUT2D eigenvalue weighted by molar-refractivity contribution is 0.568. The molecule has 2 N–H and O–H groups in total. The monoisotopic (exact) mass is 419 g/mol. The highest BCUT2D eigenvalue weighted by Gasteiger charge is 2.44. The van der Waals surface area contributed by atoms with E-state index in [0.717, 1.165) is 43.9 Å². The second-order valence-corrected chi connectivity index (χ2v) is 6.33. The van der Waals surface area contributed by atoms with E-state index >= 15 is 0 Å². The summed E-state index contributed by atoms with van der Waals surface area (Å²) >= 11 is 0. The minimum atomic E-state index is -0.154. The molecule has 1 fully saturated rings. The van der Waals surface area contributed by atoms with Crippen LogP contribution >= 0.6 is 24.0 Å². The summed E-state index contributed by atoms with van der Waals surface area (Å²) in [4.78, 5) is 4.25. The van der Waals surface area contributed by atoms with Gasteiger partial charge in [0.2, 0.25) is 0 Å². The predicted molar refractivity (Wildman–Crippen MR) is 102 cm³/mol. The molecule has 0 spiro atoms. The van der Waals surface area contributed by atoms with Crippen LogP contribution in [0.4, 0.5) is 4.39 Å². The van der Waals surface area contributed by atoms with E-state index in [1.54, 1.807) is 19.2 Å². The molecular weight excluding hydrogens is 392 g/mol. The van der Waals surface area contributed by atoms with E-state index in [0.29, 0.717) is 5.92 Å². The van der Waals surface area contributed by atoms with Gasteiger partial charge in [-0.3, -0.25) is 4.99 Å². The van der Waals surface area contributed by atoms with Crippen LogP contribution in [0.3, 0.4) is 0 Å². The first-order chi connectivity index (χ1) is 10.1. The summed E-state index contributed by atoms with van der Waals surface area (Å²) in [6.07, 6.45) is 3.33. The SMILES string of the molecule is CN=C(NCCC(C)C)NCC1(c2cccc(F)c2)CC1.I. The summed E-state index contributed by atoms with van der Waals surface area (Å²) in [5.74, 6) is 1.36. The van der Waals surface area contributed by atoms with E-state index in [1.165, 1.54) is 6.07 Å². The van der Waals surface area contributed by atoms with Crippen molar-refractivity contribution in [3.63, 3.8) is 0 Å². The minimum Gasteiger partial charge on any atom is -0.356 e. The van der Waals surface area contributed by atoms with Crippen LogP contribution in [0.5, 0.6) is 0 Å². The maximum Gasteiger partial charge on any atom is 0.191 e. The van der Waals surface area contributed by atoms with E-state index in [1.807, 2.05) is 6.07 Å². The van der Waals surface area contributed by atoms with Gasteiger partial charge in [0.1, 0.15) is 5.82 Å². The van der Waals surface area contributed by atoms with Gasteiger partial charge in [-0.1, -0.05) is 26.0 Å². The van der Waals surface area contributed by atoms with Crippen molar-refractivity contribution in [2.75, 3.05) is 20.1 Å². The number of hydrogen-bond donors (Lipinski definition) is 2. The molecule has 0 heterocycles. The zero-order valence-corrected chi connectivity index (χ0v) is 16.0. The first kappa shape index (κ1) is 19.2. The van der Waals surface area contributed by atoms with E-state index in [-0.39, 0.29) is 35.2 Å². The largest absolute Gasteiger partial charge is 0.356 e. The maximum absolute atomic E-state index is 13.4. The number of rotatable bonds is 6. The van der Waals surface area contributed by atoms with E-state index in [4.69, 9.17) is 0 Å². The molecular formula is C17H27FIN3. The lowest BCUT2D eigenvalue weighted by atomic mass is 9.96. The summed E-state index contributed by atoms with van der Waals surface area (Å²) in [5.41, 5.74) is 1.17. The number of guanidine groups is 1. The summed E-state index contributed by atoms with van der Waals surface area (Å²) in [6.45, 7) is 6.14. The third-order valence-corrected chi connectivity index (χ3v) is 4.12. The first-order valence-corrected chi connectivity index (χ1v) is 7.76. The predicted octanol–water partition coefficient (Wildman–Crippen LogP) is 3.69. The normalized spacial score (nSPS) is 16.1. The van der Waals surface area contributed by atoms with Crippen LogP contribution in [0, 0.1) is 11.7 Å². The third-order valence-electron chi connectivity index (χ3n) is 4.12. The van der Waals surface area contributed by atoms with Crippen LogP contribution in [-0.4, -0.2) is 26.1 Å². The number of nitrogens with one attached hydrogen (secondary N) is 2. The number of halogens is 2. The second-order valence-electron chi connectivity index (χ2n) is 6.33. The molecule has 124 valence electrons. The van der Waals surface area contributed by atoms with E-state index in [9.17, 15) is 4.39 Å². The lowest BCUT2D eigenvalue weighted by Gasteiger charge is -2.19. The highest BCUT2D eigenvalue weighted by molar-refractivity contribution is 14.0. The smallest absolute Gasteiger partial charge is 0.191 e. The third kappa shape index (κ3) is 5.41. The van der Waals surface area contributed by atoms with Crippen LogP contribution in [0.1, 0.15) is 38.7 Å². The fraction of sp³-hybridized carbons (Fsp3) is 0.588. The summed E-state index contributed by atoms with van der Waals surface area (Å²) in [7, 11) is 1.78. The lowest BCUT2D eigenvalue weighted by Crippen LogP contribution is -2.41. The summed E-state index contributed by atoms with van der Waals surface area (Å²) in [5, 5.41) is 6.71. The molecule has 3 nitrogen and oxygen atoms in total. The molecule has 0 radical (unpaired) electrons. The molecule has 1 aromatic carbocycles. The van der Waals surface area contributed by atoms with Gasteiger partial charge in [-0.05, 0) is 42.9 Å². The number of hydrogen-bond acceptors (Lipinski definition) is 1. The van der Waals surface area contributed by atoms with Gasteiger partial charge in [-0.25, -0.2) is 4.39 Å². The van der Waals surface area contributed by atoms with Gasteiger partial charge in [-0.2, -0.15) is 0 Å².